The van der Waals surface area contributed by atoms with Gasteiger partial charge in [-0.1, -0.05) is 15.9 Å². The van der Waals surface area contributed by atoms with Crippen molar-refractivity contribution in [1.29, 1.82) is 0 Å². The second-order valence-electron chi connectivity index (χ2n) is 7.07. The van der Waals surface area contributed by atoms with Crippen molar-refractivity contribution in [2.45, 2.75) is 37.8 Å². The monoisotopic (exact) mass is 472 g/mol. The third-order valence-electron chi connectivity index (χ3n) is 4.72. The van der Waals surface area contributed by atoms with Gasteiger partial charge in [-0.3, -0.25) is 4.79 Å². The van der Waals surface area contributed by atoms with Crippen LogP contribution in [0.3, 0.4) is 0 Å². The predicted octanol–water partition coefficient (Wildman–Crippen LogP) is 3.41. The molecule has 1 aromatic carbocycles. The fourth-order valence-corrected chi connectivity index (χ4v) is 4.84. The number of anilines is 1. The highest BCUT2D eigenvalue weighted by Crippen LogP contribution is 2.26. The third kappa shape index (κ3) is 4.44. The summed E-state index contributed by atoms with van der Waals surface area (Å²) in [6.45, 7) is 4.23. The zero-order chi connectivity index (χ0) is 20.5. The minimum absolute atomic E-state index is 0.0267. The van der Waals surface area contributed by atoms with Gasteiger partial charge in [-0.25, -0.2) is 17.8 Å². The molecular weight excluding hydrogens is 451 g/mol. The van der Waals surface area contributed by atoms with Gasteiger partial charge < -0.3 is 9.88 Å². The molecule has 2 aromatic rings. The summed E-state index contributed by atoms with van der Waals surface area (Å²) in [5.41, 5.74) is 0.0730. The van der Waals surface area contributed by atoms with Gasteiger partial charge in [0.25, 0.3) is 10.0 Å². The summed E-state index contributed by atoms with van der Waals surface area (Å²) in [5, 5.41) is 2.54. The molecule has 0 bridgehead atoms. The Balaban J connectivity index is 1.72. The number of imidazole rings is 1. The molecule has 28 heavy (non-hydrogen) atoms. The van der Waals surface area contributed by atoms with Crippen LogP contribution in [0.2, 0.25) is 0 Å². The Morgan fingerprint density at radius 1 is 1.39 bits per heavy atom. The average Bonchev–Trinajstić information content (AvgIpc) is 3.15. The van der Waals surface area contributed by atoms with Gasteiger partial charge in [0, 0.05) is 29.8 Å². The first-order chi connectivity index (χ1) is 13.2. The van der Waals surface area contributed by atoms with Crippen molar-refractivity contribution >= 4 is 37.5 Å². The van der Waals surface area contributed by atoms with E-state index in [4.69, 9.17) is 0 Å². The Kier molecular flexibility index (Phi) is 6.21. The maximum absolute atomic E-state index is 14.0. The standard InChI is InChI=1S/C18H22BrFN4O3S/c1-12(2)23-10-17(21-11-23)28(26,27)24-7-3-4-13(9-24)18(25)22-16-6-5-14(19)8-15(16)20/h5-6,8,10-13H,3-4,7,9H2,1-2H3,(H,22,25)/t13-/m1/s1. The van der Waals surface area contributed by atoms with Crippen molar-refractivity contribution in [3.8, 4) is 0 Å². The Morgan fingerprint density at radius 2 is 2.14 bits per heavy atom. The number of rotatable bonds is 5. The van der Waals surface area contributed by atoms with E-state index >= 15 is 0 Å². The molecule has 152 valence electrons. The lowest BCUT2D eigenvalue weighted by Crippen LogP contribution is -2.43. The Morgan fingerprint density at radius 3 is 2.79 bits per heavy atom. The van der Waals surface area contributed by atoms with Crippen LogP contribution in [0.1, 0.15) is 32.7 Å². The van der Waals surface area contributed by atoms with Crippen molar-refractivity contribution in [3.63, 3.8) is 0 Å². The molecule has 1 amide bonds. The summed E-state index contributed by atoms with van der Waals surface area (Å²) >= 11 is 3.17. The van der Waals surface area contributed by atoms with E-state index in [9.17, 15) is 17.6 Å². The molecule has 1 aliphatic rings. The lowest BCUT2D eigenvalue weighted by atomic mass is 9.98. The summed E-state index contributed by atoms with van der Waals surface area (Å²) in [4.78, 5) is 16.6. The molecule has 0 spiro atoms. The summed E-state index contributed by atoms with van der Waals surface area (Å²) in [6, 6.07) is 4.45. The van der Waals surface area contributed by atoms with Crippen LogP contribution >= 0.6 is 15.9 Å². The van der Waals surface area contributed by atoms with Crippen LogP contribution in [0.25, 0.3) is 0 Å². The van der Waals surface area contributed by atoms with E-state index in [1.165, 1.54) is 29.0 Å². The van der Waals surface area contributed by atoms with Gasteiger partial charge in [0.05, 0.1) is 17.9 Å². The Bertz CT molecular complexity index is 977. The van der Waals surface area contributed by atoms with Gasteiger partial charge in [-0.05, 0) is 44.9 Å². The topological polar surface area (TPSA) is 84.3 Å². The highest BCUT2D eigenvalue weighted by atomic mass is 79.9. The third-order valence-corrected chi connectivity index (χ3v) is 6.97. The van der Waals surface area contributed by atoms with Crippen LogP contribution < -0.4 is 5.32 Å². The quantitative estimate of drug-likeness (QED) is 0.722. The molecule has 0 aliphatic carbocycles. The summed E-state index contributed by atoms with van der Waals surface area (Å²) in [5.74, 6) is -1.50. The van der Waals surface area contributed by atoms with Crippen molar-refractivity contribution < 1.29 is 17.6 Å². The zero-order valence-corrected chi connectivity index (χ0v) is 18.0. The highest BCUT2D eigenvalue weighted by molar-refractivity contribution is 9.10. The number of carbonyl (C=O) groups excluding carboxylic acids is 1. The highest BCUT2D eigenvalue weighted by Gasteiger charge is 2.34. The number of sulfonamides is 1. The summed E-state index contributed by atoms with van der Waals surface area (Å²) in [7, 11) is -3.79. The fraction of sp³-hybridized carbons (Fsp3) is 0.444. The number of piperidine rings is 1. The molecule has 1 fully saturated rings. The number of benzene rings is 1. The fourth-order valence-electron chi connectivity index (χ4n) is 3.07. The van der Waals surface area contributed by atoms with Crippen LogP contribution in [0.15, 0.2) is 40.2 Å². The molecule has 1 aromatic heterocycles. The van der Waals surface area contributed by atoms with Crippen molar-refractivity contribution in [2.24, 2.45) is 5.92 Å². The molecule has 2 heterocycles. The van der Waals surface area contributed by atoms with E-state index in [0.29, 0.717) is 23.9 Å². The van der Waals surface area contributed by atoms with E-state index in [-0.39, 0.29) is 23.3 Å². The van der Waals surface area contributed by atoms with E-state index in [1.54, 1.807) is 10.6 Å². The summed E-state index contributed by atoms with van der Waals surface area (Å²) in [6.07, 6.45) is 4.07. The first-order valence-corrected chi connectivity index (χ1v) is 11.2. The van der Waals surface area contributed by atoms with Crippen LogP contribution in [0.4, 0.5) is 10.1 Å². The average molecular weight is 473 g/mol. The van der Waals surface area contributed by atoms with Crippen LogP contribution in [0.5, 0.6) is 0 Å². The number of halogens is 2. The molecule has 10 heteroatoms. The first-order valence-electron chi connectivity index (χ1n) is 8.98. The van der Waals surface area contributed by atoms with Gasteiger partial charge in [0.15, 0.2) is 5.03 Å². The molecule has 0 radical (unpaired) electrons. The maximum atomic E-state index is 14.0. The molecule has 0 saturated carbocycles. The van der Waals surface area contributed by atoms with Gasteiger partial charge >= 0.3 is 0 Å². The lowest BCUT2D eigenvalue weighted by Gasteiger charge is -2.30. The molecular formula is C18H22BrFN4O3S. The van der Waals surface area contributed by atoms with Gasteiger partial charge in [-0.2, -0.15) is 4.31 Å². The molecule has 7 nitrogen and oxygen atoms in total. The molecule has 3 rings (SSSR count). The number of aromatic nitrogens is 2. The molecule has 1 aliphatic heterocycles. The molecule has 1 N–H and O–H groups in total. The number of nitrogens with one attached hydrogen (secondary N) is 1. The van der Waals surface area contributed by atoms with E-state index in [1.807, 2.05) is 13.8 Å². The largest absolute Gasteiger partial charge is 0.334 e. The lowest BCUT2D eigenvalue weighted by molar-refractivity contribution is -0.120. The van der Waals surface area contributed by atoms with E-state index in [0.717, 1.165) is 0 Å². The zero-order valence-electron chi connectivity index (χ0n) is 15.6. The summed E-state index contributed by atoms with van der Waals surface area (Å²) < 4.78 is 43.3. The minimum atomic E-state index is -3.79. The van der Waals surface area contributed by atoms with Crippen molar-refractivity contribution in [2.75, 3.05) is 18.4 Å². The second kappa shape index (κ2) is 8.30. The number of nitrogens with zero attached hydrogens (tertiary/aromatic N) is 3. The predicted molar refractivity (Wildman–Crippen MR) is 107 cm³/mol. The van der Waals surface area contributed by atoms with Gasteiger partial charge in [0.1, 0.15) is 5.82 Å². The Hall–Kier alpha value is -1.78. The maximum Gasteiger partial charge on any atom is 0.262 e. The smallest absolute Gasteiger partial charge is 0.262 e. The number of amides is 1. The number of hydrogen-bond acceptors (Lipinski definition) is 4. The van der Waals surface area contributed by atoms with Crippen LogP contribution in [-0.4, -0.2) is 41.3 Å². The van der Waals surface area contributed by atoms with Crippen LogP contribution in [-0.2, 0) is 14.8 Å². The van der Waals surface area contributed by atoms with E-state index in [2.05, 4.69) is 26.2 Å². The van der Waals surface area contributed by atoms with E-state index < -0.39 is 27.7 Å². The first kappa shape index (κ1) is 20.9. The molecule has 1 atom stereocenters. The van der Waals surface area contributed by atoms with Gasteiger partial charge in [-0.15, -0.1) is 0 Å². The van der Waals surface area contributed by atoms with Gasteiger partial charge in [0.2, 0.25) is 5.91 Å². The number of hydrogen-bond donors (Lipinski definition) is 1. The van der Waals surface area contributed by atoms with Crippen LogP contribution in [0, 0.1) is 11.7 Å². The molecule has 1 saturated heterocycles. The SMILES string of the molecule is CC(C)n1cnc(S(=O)(=O)N2CCC[C@@H](C(=O)Nc3ccc(Br)cc3F)C2)c1. The Labute approximate surface area is 172 Å². The molecule has 0 unspecified atom stereocenters. The minimum Gasteiger partial charge on any atom is -0.334 e. The second-order valence-corrected chi connectivity index (χ2v) is 9.87. The van der Waals surface area contributed by atoms with Crippen molar-refractivity contribution in [3.05, 3.63) is 41.0 Å². The number of carbonyl (C=O) groups is 1. The normalized spacial score (nSPS) is 18.4. The van der Waals surface area contributed by atoms with Crippen molar-refractivity contribution in [1.82, 2.24) is 13.9 Å².